The summed E-state index contributed by atoms with van der Waals surface area (Å²) in [6.45, 7) is 6.04. The molecule has 1 rings (SSSR count). The minimum atomic E-state index is -1.41. The van der Waals surface area contributed by atoms with Crippen LogP contribution in [-0.4, -0.2) is 52.9 Å². The van der Waals surface area contributed by atoms with E-state index in [4.69, 9.17) is 10.2 Å². The molecule has 0 radical (unpaired) electrons. The fourth-order valence-corrected chi connectivity index (χ4v) is 2.18. The predicted octanol–water partition coefficient (Wildman–Crippen LogP) is 1.04. The Balaban J connectivity index is 2.31. The first-order valence-electron chi connectivity index (χ1n) is 6.75. The van der Waals surface area contributed by atoms with Gasteiger partial charge in [-0.25, -0.2) is 9.59 Å². The SMILES string of the molecule is CC1(C)CCCN(C(=O)NCC[C@H](O)C(=O)O)CC1. The van der Waals surface area contributed by atoms with Gasteiger partial charge in [0.25, 0.3) is 0 Å². The number of carboxylic acid groups (broad SMARTS) is 1. The van der Waals surface area contributed by atoms with Crippen molar-refractivity contribution >= 4 is 12.0 Å². The molecule has 0 aromatic rings. The van der Waals surface area contributed by atoms with E-state index in [0.717, 1.165) is 32.4 Å². The normalized spacial score (nSPS) is 20.5. The number of rotatable bonds is 4. The third-order valence-corrected chi connectivity index (χ3v) is 3.61. The van der Waals surface area contributed by atoms with E-state index in [-0.39, 0.29) is 24.4 Å². The lowest BCUT2D eigenvalue weighted by molar-refractivity contribution is -0.146. The molecular formula is C13H24N2O4. The first kappa shape index (κ1) is 15.8. The summed E-state index contributed by atoms with van der Waals surface area (Å²) in [5.74, 6) is -1.26. The lowest BCUT2D eigenvalue weighted by Gasteiger charge is -2.23. The molecule has 1 saturated heterocycles. The van der Waals surface area contributed by atoms with E-state index in [9.17, 15) is 9.59 Å². The van der Waals surface area contributed by atoms with Crippen LogP contribution in [0.1, 0.15) is 39.5 Å². The largest absolute Gasteiger partial charge is 0.479 e. The molecule has 0 saturated carbocycles. The Morgan fingerprint density at radius 2 is 2.00 bits per heavy atom. The smallest absolute Gasteiger partial charge is 0.332 e. The van der Waals surface area contributed by atoms with Gasteiger partial charge in [0.2, 0.25) is 0 Å². The number of carbonyl (C=O) groups excluding carboxylic acids is 1. The molecule has 0 aromatic carbocycles. The first-order chi connectivity index (χ1) is 8.82. The number of urea groups is 1. The lowest BCUT2D eigenvalue weighted by Crippen LogP contribution is -2.42. The molecule has 3 N–H and O–H groups in total. The van der Waals surface area contributed by atoms with Crippen molar-refractivity contribution in [2.75, 3.05) is 19.6 Å². The average molecular weight is 272 g/mol. The minimum absolute atomic E-state index is 0.0282. The number of aliphatic hydroxyl groups is 1. The number of likely N-dealkylation sites (tertiary alicyclic amines) is 1. The zero-order chi connectivity index (χ0) is 14.5. The van der Waals surface area contributed by atoms with Crippen molar-refractivity contribution in [3.8, 4) is 0 Å². The number of hydrogen-bond donors (Lipinski definition) is 3. The highest BCUT2D eigenvalue weighted by molar-refractivity contribution is 5.74. The quantitative estimate of drug-likeness (QED) is 0.713. The molecular weight excluding hydrogens is 248 g/mol. The Hall–Kier alpha value is -1.30. The maximum atomic E-state index is 11.9. The van der Waals surface area contributed by atoms with Gasteiger partial charge in [0.05, 0.1) is 0 Å². The number of carboxylic acids is 1. The molecule has 19 heavy (non-hydrogen) atoms. The molecule has 0 bridgehead atoms. The number of hydrogen-bond acceptors (Lipinski definition) is 3. The Kier molecular flexibility index (Phi) is 5.60. The van der Waals surface area contributed by atoms with Gasteiger partial charge in [-0.3, -0.25) is 0 Å². The molecule has 1 heterocycles. The van der Waals surface area contributed by atoms with Crippen LogP contribution in [0.3, 0.4) is 0 Å². The van der Waals surface area contributed by atoms with E-state index in [2.05, 4.69) is 19.2 Å². The summed E-state index contributed by atoms with van der Waals surface area (Å²) in [6, 6.07) is -0.171. The van der Waals surface area contributed by atoms with Crippen LogP contribution in [-0.2, 0) is 4.79 Å². The molecule has 1 aliphatic rings. The molecule has 110 valence electrons. The minimum Gasteiger partial charge on any atom is -0.479 e. The second-order valence-corrected chi connectivity index (χ2v) is 5.88. The van der Waals surface area contributed by atoms with Crippen molar-refractivity contribution in [2.24, 2.45) is 5.41 Å². The van der Waals surface area contributed by atoms with Crippen LogP contribution in [0.4, 0.5) is 4.79 Å². The van der Waals surface area contributed by atoms with Crippen molar-refractivity contribution in [2.45, 2.75) is 45.6 Å². The molecule has 1 atom stereocenters. The van der Waals surface area contributed by atoms with Crippen molar-refractivity contribution < 1.29 is 19.8 Å². The summed E-state index contributed by atoms with van der Waals surface area (Å²) < 4.78 is 0. The Morgan fingerprint density at radius 3 is 2.63 bits per heavy atom. The van der Waals surface area contributed by atoms with Crippen molar-refractivity contribution in [3.63, 3.8) is 0 Å². The third kappa shape index (κ3) is 5.46. The van der Waals surface area contributed by atoms with Crippen LogP contribution in [0.15, 0.2) is 0 Å². The monoisotopic (exact) mass is 272 g/mol. The van der Waals surface area contributed by atoms with Crippen molar-refractivity contribution in [1.29, 1.82) is 0 Å². The molecule has 0 aliphatic carbocycles. The molecule has 6 nitrogen and oxygen atoms in total. The number of aliphatic carboxylic acids is 1. The standard InChI is InChI=1S/C13H24N2O4/c1-13(2)5-3-8-15(9-6-13)12(19)14-7-4-10(16)11(17)18/h10,16H,3-9H2,1-2H3,(H,14,19)(H,17,18)/t10-/m0/s1. The van der Waals surface area contributed by atoms with E-state index in [1.54, 1.807) is 4.90 Å². The highest BCUT2D eigenvalue weighted by atomic mass is 16.4. The third-order valence-electron chi connectivity index (χ3n) is 3.61. The van der Waals surface area contributed by atoms with Gasteiger partial charge in [0, 0.05) is 26.1 Å². The second-order valence-electron chi connectivity index (χ2n) is 5.88. The molecule has 1 fully saturated rings. The van der Waals surface area contributed by atoms with Crippen LogP contribution in [0.25, 0.3) is 0 Å². The number of carbonyl (C=O) groups is 2. The Morgan fingerprint density at radius 1 is 1.32 bits per heavy atom. The number of aliphatic hydroxyl groups excluding tert-OH is 1. The van der Waals surface area contributed by atoms with Gasteiger partial charge in [-0.2, -0.15) is 0 Å². The molecule has 0 aromatic heterocycles. The van der Waals surface area contributed by atoms with Crippen LogP contribution in [0.2, 0.25) is 0 Å². The van der Waals surface area contributed by atoms with Crippen LogP contribution < -0.4 is 5.32 Å². The van der Waals surface area contributed by atoms with E-state index in [1.807, 2.05) is 0 Å². The van der Waals surface area contributed by atoms with E-state index in [1.165, 1.54) is 0 Å². The van der Waals surface area contributed by atoms with Crippen molar-refractivity contribution in [3.05, 3.63) is 0 Å². The van der Waals surface area contributed by atoms with Crippen LogP contribution in [0, 0.1) is 5.41 Å². The van der Waals surface area contributed by atoms with E-state index in [0.29, 0.717) is 0 Å². The van der Waals surface area contributed by atoms with Gasteiger partial charge < -0.3 is 20.4 Å². The molecule has 2 amide bonds. The summed E-state index contributed by atoms with van der Waals surface area (Å²) >= 11 is 0. The summed E-state index contributed by atoms with van der Waals surface area (Å²) in [6.07, 6.45) is 1.67. The Bertz CT molecular complexity index is 331. The molecule has 6 heteroatoms. The molecule has 0 spiro atoms. The maximum Gasteiger partial charge on any atom is 0.332 e. The number of nitrogens with one attached hydrogen (secondary N) is 1. The summed E-state index contributed by atoms with van der Waals surface area (Å²) in [4.78, 5) is 24.1. The van der Waals surface area contributed by atoms with Crippen LogP contribution in [0.5, 0.6) is 0 Å². The van der Waals surface area contributed by atoms with E-state index < -0.39 is 12.1 Å². The summed E-state index contributed by atoms with van der Waals surface area (Å²) in [5, 5.41) is 20.3. The molecule has 1 aliphatic heterocycles. The summed E-state index contributed by atoms with van der Waals surface area (Å²) in [7, 11) is 0. The van der Waals surface area contributed by atoms with E-state index >= 15 is 0 Å². The fourth-order valence-electron chi connectivity index (χ4n) is 2.18. The zero-order valence-corrected chi connectivity index (χ0v) is 11.7. The van der Waals surface area contributed by atoms with Gasteiger partial charge in [-0.15, -0.1) is 0 Å². The predicted molar refractivity (Wildman–Crippen MR) is 70.9 cm³/mol. The zero-order valence-electron chi connectivity index (χ0n) is 11.7. The number of amides is 2. The highest BCUT2D eigenvalue weighted by Gasteiger charge is 2.25. The fraction of sp³-hybridized carbons (Fsp3) is 0.846. The van der Waals surface area contributed by atoms with Gasteiger partial charge in [0.15, 0.2) is 6.10 Å². The topological polar surface area (TPSA) is 89.9 Å². The van der Waals surface area contributed by atoms with Gasteiger partial charge in [-0.05, 0) is 24.7 Å². The van der Waals surface area contributed by atoms with Crippen molar-refractivity contribution in [1.82, 2.24) is 10.2 Å². The maximum absolute atomic E-state index is 11.9. The average Bonchev–Trinajstić information content (AvgIpc) is 2.49. The lowest BCUT2D eigenvalue weighted by atomic mass is 9.85. The molecule has 0 unspecified atom stereocenters. The summed E-state index contributed by atoms with van der Waals surface area (Å²) in [5.41, 5.74) is 0.272. The van der Waals surface area contributed by atoms with Crippen LogP contribution >= 0.6 is 0 Å². The van der Waals surface area contributed by atoms with Gasteiger partial charge in [-0.1, -0.05) is 13.8 Å². The number of nitrogens with zero attached hydrogens (tertiary/aromatic N) is 1. The van der Waals surface area contributed by atoms with Gasteiger partial charge >= 0.3 is 12.0 Å². The van der Waals surface area contributed by atoms with Gasteiger partial charge in [0.1, 0.15) is 0 Å². The first-order valence-corrected chi connectivity index (χ1v) is 6.75. The highest BCUT2D eigenvalue weighted by Crippen LogP contribution is 2.29. The Labute approximate surface area is 113 Å². The second kappa shape index (κ2) is 6.75.